The number of hydrogen-bond donors (Lipinski definition) is 1. The van der Waals surface area contributed by atoms with Crippen molar-refractivity contribution in [2.75, 3.05) is 6.61 Å². The van der Waals surface area contributed by atoms with Gasteiger partial charge in [0.2, 0.25) is 5.91 Å². The minimum Gasteiger partial charge on any atom is -0.468 e. The number of thioether (sulfide) groups is 1. The molecule has 2 heterocycles. The van der Waals surface area contributed by atoms with Gasteiger partial charge in [-0.1, -0.05) is 20.8 Å². The summed E-state index contributed by atoms with van der Waals surface area (Å²) in [4.78, 5) is 24.5. The lowest BCUT2D eigenvalue weighted by molar-refractivity contribution is -0.126. The molecule has 1 N–H and O–H groups in total. The molecule has 1 amide bonds. The molecule has 5 nitrogen and oxygen atoms in total. The van der Waals surface area contributed by atoms with Crippen molar-refractivity contribution < 1.29 is 18.7 Å². The van der Waals surface area contributed by atoms with Gasteiger partial charge in [-0.15, -0.1) is 11.8 Å². The van der Waals surface area contributed by atoms with Gasteiger partial charge in [-0.25, -0.2) is 0 Å². The Morgan fingerprint density at radius 2 is 2.22 bits per heavy atom. The molecule has 128 valence electrons. The zero-order valence-corrected chi connectivity index (χ0v) is 14.9. The maximum absolute atomic E-state index is 12.7. The van der Waals surface area contributed by atoms with Crippen LogP contribution >= 0.6 is 11.8 Å². The smallest absolute Gasteiger partial charge is 0.233 e. The summed E-state index contributed by atoms with van der Waals surface area (Å²) in [5.74, 6) is 1.31. The van der Waals surface area contributed by atoms with Gasteiger partial charge in [0.25, 0.3) is 0 Å². The number of rotatable bonds is 6. The fraction of sp³-hybridized carbons (Fsp3) is 0.647. The molecule has 2 rings (SSSR count). The van der Waals surface area contributed by atoms with Gasteiger partial charge in [0, 0.05) is 0 Å². The molecular formula is C17H25NO4S. The van der Waals surface area contributed by atoms with Crippen molar-refractivity contribution in [2.45, 2.75) is 57.3 Å². The molecule has 23 heavy (non-hydrogen) atoms. The molecule has 3 atom stereocenters. The highest BCUT2D eigenvalue weighted by molar-refractivity contribution is 7.99. The summed E-state index contributed by atoms with van der Waals surface area (Å²) < 4.78 is 10.6. The molecule has 0 aromatic carbocycles. The Morgan fingerprint density at radius 1 is 1.48 bits per heavy atom. The number of carbonyl (C=O) groups is 2. The van der Waals surface area contributed by atoms with Gasteiger partial charge in [-0.2, -0.15) is 0 Å². The Bertz CT molecular complexity index is 535. The van der Waals surface area contributed by atoms with Crippen molar-refractivity contribution in [3.8, 4) is 0 Å². The molecule has 1 saturated heterocycles. The standard InChI is InChI=1S/C17H25NO4S/c1-11-15(13(19)9-22-11)18-16(20)14(8-17(2,3)4)23-10-12-6-5-7-21-12/h5-7,11,14-15H,8-10H2,1-4H3,(H,18,20). The lowest BCUT2D eigenvalue weighted by Crippen LogP contribution is -2.47. The van der Waals surface area contributed by atoms with Crippen LogP contribution in [0.15, 0.2) is 22.8 Å². The van der Waals surface area contributed by atoms with E-state index >= 15 is 0 Å². The van der Waals surface area contributed by atoms with Crippen molar-refractivity contribution in [3.05, 3.63) is 24.2 Å². The summed E-state index contributed by atoms with van der Waals surface area (Å²) in [5, 5.41) is 2.63. The second-order valence-corrected chi connectivity index (χ2v) is 8.30. The van der Waals surface area contributed by atoms with E-state index in [4.69, 9.17) is 9.15 Å². The fourth-order valence-corrected chi connectivity index (χ4v) is 3.83. The lowest BCUT2D eigenvalue weighted by Gasteiger charge is -2.26. The van der Waals surface area contributed by atoms with Crippen LogP contribution in [0, 0.1) is 5.41 Å². The third kappa shape index (κ3) is 5.39. The van der Waals surface area contributed by atoms with Gasteiger partial charge >= 0.3 is 0 Å². The second kappa shape index (κ2) is 7.53. The van der Waals surface area contributed by atoms with E-state index < -0.39 is 6.04 Å². The van der Waals surface area contributed by atoms with E-state index in [1.807, 2.05) is 19.1 Å². The average Bonchev–Trinajstić information content (AvgIpc) is 3.07. The largest absolute Gasteiger partial charge is 0.468 e. The van der Waals surface area contributed by atoms with Crippen molar-refractivity contribution >= 4 is 23.5 Å². The van der Waals surface area contributed by atoms with Crippen LogP contribution in [-0.2, 0) is 20.1 Å². The Balaban J connectivity index is 1.99. The van der Waals surface area contributed by atoms with E-state index in [9.17, 15) is 9.59 Å². The summed E-state index contributed by atoms with van der Waals surface area (Å²) in [6.07, 6.45) is 2.09. The Hall–Kier alpha value is -1.27. The van der Waals surface area contributed by atoms with Gasteiger partial charge in [0.05, 0.1) is 23.4 Å². The van der Waals surface area contributed by atoms with Crippen LogP contribution in [0.4, 0.5) is 0 Å². The second-order valence-electron chi connectivity index (χ2n) is 7.11. The van der Waals surface area contributed by atoms with E-state index in [1.165, 1.54) is 0 Å². The maximum Gasteiger partial charge on any atom is 0.233 e. The summed E-state index contributed by atoms with van der Waals surface area (Å²) in [6.45, 7) is 8.20. The molecule has 1 aliphatic rings. The van der Waals surface area contributed by atoms with Gasteiger partial charge in [-0.3, -0.25) is 9.59 Å². The molecule has 1 fully saturated rings. The van der Waals surface area contributed by atoms with Crippen molar-refractivity contribution in [1.29, 1.82) is 0 Å². The molecule has 1 aromatic rings. The summed E-state index contributed by atoms with van der Waals surface area (Å²) in [6, 6.07) is 3.20. The van der Waals surface area contributed by atoms with E-state index in [2.05, 4.69) is 26.1 Å². The molecule has 0 spiro atoms. The molecule has 1 aromatic heterocycles. The topological polar surface area (TPSA) is 68.5 Å². The first kappa shape index (κ1) is 18.1. The van der Waals surface area contributed by atoms with Crippen LogP contribution in [0.5, 0.6) is 0 Å². The van der Waals surface area contributed by atoms with Crippen LogP contribution in [0.1, 0.15) is 39.9 Å². The van der Waals surface area contributed by atoms with Crippen LogP contribution in [-0.4, -0.2) is 35.7 Å². The molecule has 6 heteroatoms. The first-order chi connectivity index (χ1) is 10.8. The minimum absolute atomic E-state index is 0.0139. The first-order valence-electron chi connectivity index (χ1n) is 7.85. The van der Waals surface area contributed by atoms with Crippen molar-refractivity contribution in [1.82, 2.24) is 5.32 Å². The SMILES string of the molecule is CC1OCC(=O)C1NC(=O)C(CC(C)(C)C)SCc1ccco1. The fourth-order valence-electron chi connectivity index (χ4n) is 2.47. The number of ketones is 1. The van der Waals surface area contributed by atoms with Gasteiger partial charge in [0.15, 0.2) is 5.78 Å². The summed E-state index contributed by atoms with van der Waals surface area (Å²) in [5.41, 5.74) is 0.0139. The highest BCUT2D eigenvalue weighted by Crippen LogP contribution is 2.30. The van der Waals surface area contributed by atoms with Crippen molar-refractivity contribution in [3.63, 3.8) is 0 Å². The molecule has 0 saturated carbocycles. The molecule has 0 radical (unpaired) electrons. The van der Waals surface area contributed by atoms with E-state index in [0.29, 0.717) is 5.75 Å². The van der Waals surface area contributed by atoms with Crippen LogP contribution in [0.3, 0.4) is 0 Å². The zero-order valence-electron chi connectivity index (χ0n) is 14.1. The van der Waals surface area contributed by atoms with E-state index in [1.54, 1.807) is 18.0 Å². The Kier molecular flexibility index (Phi) is 5.92. The molecule has 0 bridgehead atoms. The van der Waals surface area contributed by atoms with Gasteiger partial charge in [0.1, 0.15) is 18.4 Å². The monoisotopic (exact) mass is 339 g/mol. The number of hydrogen-bond acceptors (Lipinski definition) is 5. The number of Topliss-reactive ketones (excluding diaryl/α,β-unsaturated/α-hetero) is 1. The summed E-state index contributed by atoms with van der Waals surface area (Å²) in [7, 11) is 0. The first-order valence-corrected chi connectivity index (χ1v) is 8.90. The third-order valence-electron chi connectivity index (χ3n) is 3.70. The number of ether oxygens (including phenoxy) is 1. The molecule has 0 aliphatic carbocycles. The van der Waals surface area contributed by atoms with Crippen LogP contribution in [0.2, 0.25) is 0 Å². The number of carbonyl (C=O) groups excluding carboxylic acids is 2. The normalized spacial score (nSPS) is 23.0. The quantitative estimate of drug-likeness (QED) is 0.863. The van der Waals surface area contributed by atoms with E-state index in [-0.39, 0.29) is 35.1 Å². The Morgan fingerprint density at radius 3 is 2.74 bits per heavy atom. The predicted molar refractivity (Wildman–Crippen MR) is 90.2 cm³/mol. The lowest BCUT2D eigenvalue weighted by atomic mass is 9.90. The van der Waals surface area contributed by atoms with E-state index in [0.717, 1.165) is 12.2 Å². The minimum atomic E-state index is -0.533. The number of nitrogens with one attached hydrogen (secondary N) is 1. The van der Waals surface area contributed by atoms with Crippen LogP contribution < -0.4 is 5.32 Å². The molecular weight excluding hydrogens is 314 g/mol. The van der Waals surface area contributed by atoms with Crippen LogP contribution in [0.25, 0.3) is 0 Å². The summed E-state index contributed by atoms with van der Waals surface area (Å²) >= 11 is 1.54. The maximum atomic E-state index is 12.7. The average molecular weight is 339 g/mol. The van der Waals surface area contributed by atoms with Gasteiger partial charge in [-0.05, 0) is 30.9 Å². The Labute approximate surface area is 141 Å². The number of furan rings is 1. The van der Waals surface area contributed by atoms with Gasteiger partial charge < -0.3 is 14.5 Å². The third-order valence-corrected chi connectivity index (χ3v) is 4.93. The van der Waals surface area contributed by atoms with Crippen molar-refractivity contribution in [2.24, 2.45) is 5.41 Å². The molecule has 3 unspecified atom stereocenters. The highest BCUT2D eigenvalue weighted by atomic mass is 32.2. The zero-order chi connectivity index (χ0) is 17.0. The highest BCUT2D eigenvalue weighted by Gasteiger charge is 2.36. The number of amides is 1. The molecule has 1 aliphatic heterocycles. The predicted octanol–water partition coefficient (Wildman–Crippen LogP) is 2.79.